The van der Waals surface area contributed by atoms with E-state index in [1.807, 2.05) is 0 Å². The van der Waals surface area contributed by atoms with Crippen LogP contribution < -0.4 is 5.32 Å². The Morgan fingerprint density at radius 3 is 3.06 bits per heavy atom. The van der Waals surface area contributed by atoms with Gasteiger partial charge in [0.2, 0.25) is 0 Å². The maximum atomic E-state index is 5.89. The zero-order chi connectivity index (χ0) is 11.4. The molecular weight excluding hydrogens is 206 g/mol. The molecule has 0 aromatic heterocycles. The summed E-state index contributed by atoms with van der Waals surface area (Å²) in [5.41, 5.74) is 0.00618. The van der Waals surface area contributed by atoms with Crippen molar-refractivity contribution in [2.45, 2.75) is 43.9 Å². The third-order valence-electron chi connectivity index (χ3n) is 3.66. The predicted octanol–water partition coefficient (Wildman–Crippen LogP) is 0.949. The molecule has 1 spiro atoms. The van der Waals surface area contributed by atoms with Gasteiger partial charge in [-0.25, -0.2) is 0 Å². The molecule has 4 heteroatoms. The summed E-state index contributed by atoms with van der Waals surface area (Å²) in [6.07, 6.45) is 3.49. The minimum atomic E-state index is 0.00618. The first-order valence-corrected chi connectivity index (χ1v) is 6.22. The predicted molar refractivity (Wildman–Crippen MR) is 61.6 cm³/mol. The number of hydrogen-bond donors (Lipinski definition) is 1. The van der Waals surface area contributed by atoms with Gasteiger partial charge in [-0.15, -0.1) is 0 Å². The molecule has 3 unspecified atom stereocenters. The van der Waals surface area contributed by atoms with Gasteiger partial charge in [0.1, 0.15) is 0 Å². The molecule has 0 bridgehead atoms. The second kappa shape index (κ2) is 5.45. The Balaban J connectivity index is 1.78. The van der Waals surface area contributed by atoms with E-state index in [1.54, 1.807) is 7.11 Å². The summed E-state index contributed by atoms with van der Waals surface area (Å²) >= 11 is 0. The van der Waals surface area contributed by atoms with Gasteiger partial charge in [-0.2, -0.15) is 0 Å². The maximum absolute atomic E-state index is 5.89. The summed E-state index contributed by atoms with van der Waals surface area (Å²) in [5.74, 6) is 0. The molecule has 0 aliphatic carbocycles. The SMILES string of the molecule is COC(C)CNC1CCOC2(CCOC2)C1. The number of hydrogen-bond acceptors (Lipinski definition) is 4. The Morgan fingerprint density at radius 1 is 1.50 bits per heavy atom. The monoisotopic (exact) mass is 229 g/mol. The smallest absolute Gasteiger partial charge is 0.0951 e. The average molecular weight is 229 g/mol. The van der Waals surface area contributed by atoms with E-state index in [0.717, 1.165) is 45.6 Å². The van der Waals surface area contributed by atoms with Crippen molar-refractivity contribution in [3.63, 3.8) is 0 Å². The Morgan fingerprint density at radius 2 is 2.38 bits per heavy atom. The highest BCUT2D eigenvalue weighted by molar-refractivity contribution is 4.92. The van der Waals surface area contributed by atoms with Crippen molar-refractivity contribution in [3.05, 3.63) is 0 Å². The molecule has 0 aromatic rings. The highest BCUT2D eigenvalue weighted by Gasteiger charge is 2.40. The van der Waals surface area contributed by atoms with Crippen molar-refractivity contribution >= 4 is 0 Å². The van der Waals surface area contributed by atoms with E-state index >= 15 is 0 Å². The first-order chi connectivity index (χ1) is 7.74. The van der Waals surface area contributed by atoms with E-state index in [-0.39, 0.29) is 11.7 Å². The number of rotatable bonds is 4. The first-order valence-electron chi connectivity index (χ1n) is 6.22. The number of nitrogens with one attached hydrogen (secondary N) is 1. The lowest BCUT2D eigenvalue weighted by Gasteiger charge is -2.37. The van der Waals surface area contributed by atoms with E-state index in [2.05, 4.69) is 12.2 Å². The minimum Gasteiger partial charge on any atom is -0.380 e. The highest BCUT2D eigenvalue weighted by atomic mass is 16.6. The summed E-state index contributed by atoms with van der Waals surface area (Å²) in [6, 6.07) is 0.549. The number of methoxy groups -OCH3 is 1. The zero-order valence-electron chi connectivity index (χ0n) is 10.3. The van der Waals surface area contributed by atoms with Gasteiger partial charge in [0, 0.05) is 39.3 Å². The zero-order valence-corrected chi connectivity index (χ0v) is 10.3. The van der Waals surface area contributed by atoms with E-state index in [4.69, 9.17) is 14.2 Å². The lowest BCUT2D eigenvalue weighted by atomic mass is 9.89. The summed E-state index contributed by atoms with van der Waals surface area (Å²) in [4.78, 5) is 0. The summed E-state index contributed by atoms with van der Waals surface area (Å²) in [5, 5.41) is 3.56. The molecule has 0 radical (unpaired) electrons. The molecule has 1 N–H and O–H groups in total. The second-order valence-corrected chi connectivity index (χ2v) is 4.98. The van der Waals surface area contributed by atoms with Gasteiger partial charge in [0.25, 0.3) is 0 Å². The van der Waals surface area contributed by atoms with Crippen molar-refractivity contribution in [3.8, 4) is 0 Å². The molecule has 0 amide bonds. The molecule has 2 fully saturated rings. The summed E-state index contributed by atoms with van der Waals surface area (Å²) in [6.45, 7) is 5.47. The topological polar surface area (TPSA) is 39.7 Å². The van der Waals surface area contributed by atoms with Gasteiger partial charge < -0.3 is 19.5 Å². The second-order valence-electron chi connectivity index (χ2n) is 4.98. The quantitative estimate of drug-likeness (QED) is 0.779. The minimum absolute atomic E-state index is 0.00618. The van der Waals surface area contributed by atoms with E-state index in [9.17, 15) is 0 Å². The fourth-order valence-corrected chi connectivity index (χ4v) is 2.48. The van der Waals surface area contributed by atoms with Gasteiger partial charge in [0.05, 0.1) is 18.3 Å². The van der Waals surface area contributed by atoms with Crippen molar-refractivity contribution in [2.24, 2.45) is 0 Å². The van der Waals surface area contributed by atoms with Gasteiger partial charge in [0.15, 0.2) is 0 Å². The standard InChI is InChI=1S/C12H23NO3/c1-10(14-2)8-13-11-3-5-16-12(7-11)4-6-15-9-12/h10-11,13H,3-9H2,1-2H3. The molecule has 2 rings (SSSR count). The van der Waals surface area contributed by atoms with Crippen LogP contribution in [0.2, 0.25) is 0 Å². The Labute approximate surface area is 97.6 Å². The van der Waals surface area contributed by atoms with Gasteiger partial charge in [-0.05, 0) is 19.8 Å². The summed E-state index contributed by atoms with van der Waals surface area (Å²) < 4.78 is 16.6. The molecule has 0 saturated carbocycles. The third kappa shape index (κ3) is 2.94. The van der Waals surface area contributed by atoms with E-state index in [1.165, 1.54) is 0 Å². The molecular formula is C12H23NO3. The van der Waals surface area contributed by atoms with Crippen LogP contribution in [-0.2, 0) is 14.2 Å². The van der Waals surface area contributed by atoms with Gasteiger partial charge in [-0.1, -0.05) is 0 Å². The van der Waals surface area contributed by atoms with Crippen molar-refractivity contribution in [1.29, 1.82) is 0 Å². The average Bonchev–Trinajstić information content (AvgIpc) is 2.74. The maximum Gasteiger partial charge on any atom is 0.0951 e. The van der Waals surface area contributed by atoms with Crippen LogP contribution in [0, 0.1) is 0 Å². The van der Waals surface area contributed by atoms with Crippen LogP contribution in [0.5, 0.6) is 0 Å². The van der Waals surface area contributed by atoms with Crippen LogP contribution in [0.3, 0.4) is 0 Å². The molecule has 4 nitrogen and oxygen atoms in total. The van der Waals surface area contributed by atoms with Crippen LogP contribution in [-0.4, -0.2) is 51.2 Å². The molecule has 2 aliphatic heterocycles. The Hall–Kier alpha value is -0.160. The normalized spacial score (nSPS) is 36.8. The van der Waals surface area contributed by atoms with E-state index < -0.39 is 0 Å². The van der Waals surface area contributed by atoms with Crippen molar-refractivity contribution < 1.29 is 14.2 Å². The van der Waals surface area contributed by atoms with Crippen LogP contribution in [0.25, 0.3) is 0 Å². The van der Waals surface area contributed by atoms with Crippen molar-refractivity contribution in [2.75, 3.05) is 33.5 Å². The fraction of sp³-hybridized carbons (Fsp3) is 1.00. The van der Waals surface area contributed by atoms with Crippen LogP contribution in [0.15, 0.2) is 0 Å². The first kappa shape index (κ1) is 12.3. The number of ether oxygens (including phenoxy) is 3. The molecule has 0 aromatic carbocycles. The fourth-order valence-electron chi connectivity index (χ4n) is 2.48. The third-order valence-corrected chi connectivity index (χ3v) is 3.66. The van der Waals surface area contributed by atoms with Crippen LogP contribution >= 0.6 is 0 Å². The Bertz CT molecular complexity index is 216. The lowest BCUT2D eigenvalue weighted by Crippen LogP contribution is -2.48. The van der Waals surface area contributed by atoms with Gasteiger partial charge >= 0.3 is 0 Å². The van der Waals surface area contributed by atoms with Crippen LogP contribution in [0.4, 0.5) is 0 Å². The highest BCUT2D eigenvalue weighted by Crippen LogP contribution is 2.32. The Kier molecular flexibility index (Phi) is 4.19. The molecule has 94 valence electrons. The molecule has 16 heavy (non-hydrogen) atoms. The van der Waals surface area contributed by atoms with E-state index in [0.29, 0.717) is 6.04 Å². The molecule has 3 atom stereocenters. The van der Waals surface area contributed by atoms with Crippen molar-refractivity contribution in [1.82, 2.24) is 5.32 Å². The lowest BCUT2D eigenvalue weighted by molar-refractivity contribution is -0.0901. The summed E-state index contributed by atoms with van der Waals surface area (Å²) in [7, 11) is 1.75. The molecule has 2 aliphatic rings. The largest absolute Gasteiger partial charge is 0.380 e. The molecule has 2 heterocycles. The molecule has 2 saturated heterocycles. The van der Waals surface area contributed by atoms with Gasteiger partial charge in [-0.3, -0.25) is 0 Å². The van der Waals surface area contributed by atoms with Crippen LogP contribution in [0.1, 0.15) is 26.2 Å².